The fraction of sp³-hybridized carbons (Fsp3) is 1.00. The van der Waals surface area contributed by atoms with E-state index in [1.54, 1.807) is 0 Å². The van der Waals surface area contributed by atoms with E-state index in [1.165, 1.54) is 19.6 Å². The number of piperazine rings is 1. The first kappa shape index (κ1) is 11.0. The van der Waals surface area contributed by atoms with E-state index < -0.39 is 0 Å². The van der Waals surface area contributed by atoms with Crippen LogP contribution in [0.2, 0.25) is 0 Å². The maximum Gasteiger partial charge on any atom is 0.0243 e. The quantitative estimate of drug-likeness (QED) is 0.682. The number of likely N-dealkylation sites (N-methyl/N-ethyl adjacent to an activating group) is 1. The van der Waals surface area contributed by atoms with Crippen LogP contribution in [0.5, 0.6) is 0 Å². The fourth-order valence-electron chi connectivity index (χ4n) is 2.07. The highest BCUT2D eigenvalue weighted by atomic mass is 15.3. The highest BCUT2D eigenvalue weighted by Gasteiger charge is 2.25. The summed E-state index contributed by atoms with van der Waals surface area (Å²) in [5, 5.41) is 0. The lowest BCUT2D eigenvalue weighted by molar-refractivity contribution is 0.0720. The van der Waals surface area contributed by atoms with Crippen molar-refractivity contribution in [3.05, 3.63) is 0 Å². The summed E-state index contributed by atoms with van der Waals surface area (Å²) in [6.45, 7) is 9.98. The molecule has 0 aliphatic carbocycles. The SMILES string of the molecule is CC(C)C1CN(CCN)CCN1C. The third-order valence-electron chi connectivity index (χ3n) is 3.00. The molecule has 0 aromatic heterocycles. The van der Waals surface area contributed by atoms with Gasteiger partial charge in [0.05, 0.1) is 0 Å². The summed E-state index contributed by atoms with van der Waals surface area (Å²) in [5.41, 5.74) is 5.56. The second kappa shape index (κ2) is 4.94. The lowest BCUT2D eigenvalue weighted by Gasteiger charge is -2.41. The van der Waals surface area contributed by atoms with Crippen LogP contribution in [0, 0.1) is 5.92 Å². The number of nitrogens with zero attached hydrogens (tertiary/aromatic N) is 2. The topological polar surface area (TPSA) is 32.5 Å². The third-order valence-corrected chi connectivity index (χ3v) is 3.00. The molecule has 0 aromatic rings. The van der Waals surface area contributed by atoms with E-state index in [-0.39, 0.29) is 0 Å². The van der Waals surface area contributed by atoms with Gasteiger partial charge in [-0.3, -0.25) is 4.90 Å². The molecule has 2 N–H and O–H groups in total. The van der Waals surface area contributed by atoms with Crippen molar-refractivity contribution in [3.63, 3.8) is 0 Å². The van der Waals surface area contributed by atoms with Gasteiger partial charge in [-0.2, -0.15) is 0 Å². The van der Waals surface area contributed by atoms with E-state index in [2.05, 4.69) is 30.7 Å². The Morgan fingerprint density at radius 3 is 2.62 bits per heavy atom. The molecule has 1 aliphatic heterocycles. The molecule has 1 saturated heterocycles. The maximum atomic E-state index is 5.56. The van der Waals surface area contributed by atoms with Crippen LogP contribution >= 0.6 is 0 Å². The average Bonchev–Trinajstić information content (AvgIpc) is 2.08. The molecule has 1 rings (SSSR count). The van der Waals surface area contributed by atoms with Crippen molar-refractivity contribution in [3.8, 4) is 0 Å². The van der Waals surface area contributed by atoms with E-state index >= 15 is 0 Å². The maximum absolute atomic E-state index is 5.56. The van der Waals surface area contributed by atoms with E-state index in [0.29, 0.717) is 6.04 Å². The summed E-state index contributed by atoms with van der Waals surface area (Å²) < 4.78 is 0. The Balaban J connectivity index is 2.43. The van der Waals surface area contributed by atoms with Crippen LogP contribution in [-0.4, -0.2) is 55.6 Å². The zero-order valence-corrected chi connectivity index (χ0v) is 9.16. The molecule has 0 bridgehead atoms. The molecule has 1 heterocycles. The Labute approximate surface area is 81.9 Å². The minimum Gasteiger partial charge on any atom is -0.329 e. The Hall–Kier alpha value is -0.120. The molecular weight excluding hydrogens is 162 g/mol. The summed E-state index contributed by atoms with van der Waals surface area (Å²) >= 11 is 0. The van der Waals surface area contributed by atoms with Gasteiger partial charge in [-0.25, -0.2) is 0 Å². The average molecular weight is 185 g/mol. The molecule has 1 fully saturated rings. The monoisotopic (exact) mass is 185 g/mol. The number of rotatable bonds is 3. The molecule has 1 aliphatic rings. The second-order valence-electron chi connectivity index (χ2n) is 4.38. The molecule has 0 saturated carbocycles. The van der Waals surface area contributed by atoms with Crippen LogP contribution in [0.15, 0.2) is 0 Å². The molecule has 0 aromatic carbocycles. The van der Waals surface area contributed by atoms with Gasteiger partial charge in [0.2, 0.25) is 0 Å². The van der Waals surface area contributed by atoms with Crippen LogP contribution < -0.4 is 5.73 Å². The third kappa shape index (κ3) is 2.93. The second-order valence-corrected chi connectivity index (χ2v) is 4.38. The number of hydrogen-bond donors (Lipinski definition) is 1. The van der Waals surface area contributed by atoms with Crippen LogP contribution in [0.25, 0.3) is 0 Å². The van der Waals surface area contributed by atoms with Crippen LogP contribution in [0.4, 0.5) is 0 Å². The zero-order chi connectivity index (χ0) is 9.84. The summed E-state index contributed by atoms with van der Waals surface area (Å²) in [6.07, 6.45) is 0. The summed E-state index contributed by atoms with van der Waals surface area (Å²) in [4.78, 5) is 4.95. The molecule has 1 unspecified atom stereocenters. The summed E-state index contributed by atoms with van der Waals surface area (Å²) in [6, 6.07) is 0.709. The minimum absolute atomic E-state index is 0.709. The smallest absolute Gasteiger partial charge is 0.0243 e. The van der Waals surface area contributed by atoms with Gasteiger partial charge in [0.15, 0.2) is 0 Å². The summed E-state index contributed by atoms with van der Waals surface area (Å²) in [7, 11) is 2.23. The van der Waals surface area contributed by atoms with E-state index in [1.807, 2.05) is 0 Å². The Bertz CT molecular complexity index is 147. The Morgan fingerprint density at radius 2 is 2.08 bits per heavy atom. The molecule has 13 heavy (non-hydrogen) atoms. The van der Waals surface area contributed by atoms with Crippen LogP contribution in [-0.2, 0) is 0 Å². The highest BCUT2D eigenvalue weighted by molar-refractivity contribution is 4.82. The van der Waals surface area contributed by atoms with Gasteiger partial charge >= 0.3 is 0 Å². The van der Waals surface area contributed by atoms with E-state index in [0.717, 1.165) is 19.0 Å². The molecule has 3 nitrogen and oxygen atoms in total. The van der Waals surface area contributed by atoms with Gasteiger partial charge in [-0.15, -0.1) is 0 Å². The molecule has 3 heteroatoms. The van der Waals surface area contributed by atoms with Gasteiger partial charge in [0.1, 0.15) is 0 Å². The number of nitrogens with two attached hydrogens (primary N) is 1. The minimum atomic E-state index is 0.709. The van der Waals surface area contributed by atoms with Gasteiger partial charge in [-0.1, -0.05) is 13.8 Å². The predicted molar refractivity (Wildman–Crippen MR) is 56.8 cm³/mol. The molecule has 78 valence electrons. The lowest BCUT2D eigenvalue weighted by Crippen LogP contribution is -2.54. The van der Waals surface area contributed by atoms with E-state index in [9.17, 15) is 0 Å². The van der Waals surface area contributed by atoms with Crippen LogP contribution in [0.3, 0.4) is 0 Å². The van der Waals surface area contributed by atoms with Gasteiger partial charge in [-0.05, 0) is 13.0 Å². The first-order valence-electron chi connectivity index (χ1n) is 5.27. The molecule has 0 spiro atoms. The van der Waals surface area contributed by atoms with Crippen molar-refractivity contribution in [2.45, 2.75) is 19.9 Å². The molecule has 0 amide bonds. The van der Waals surface area contributed by atoms with Crippen molar-refractivity contribution >= 4 is 0 Å². The largest absolute Gasteiger partial charge is 0.329 e. The van der Waals surface area contributed by atoms with Crippen molar-refractivity contribution in [2.24, 2.45) is 11.7 Å². The standard InChI is InChI=1S/C10H23N3/c1-9(2)10-8-13(5-4-11)7-6-12(10)3/h9-10H,4-8,11H2,1-3H3. The lowest BCUT2D eigenvalue weighted by atomic mass is 10.0. The Morgan fingerprint density at radius 1 is 1.38 bits per heavy atom. The Kier molecular flexibility index (Phi) is 4.16. The first-order valence-corrected chi connectivity index (χ1v) is 5.27. The van der Waals surface area contributed by atoms with Gasteiger partial charge in [0, 0.05) is 38.8 Å². The fourth-order valence-corrected chi connectivity index (χ4v) is 2.07. The zero-order valence-electron chi connectivity index (χ0n) is 9.16. The highest BCUT2D eigenvalue weighted by Crippen LogP contribution is 2.14. The van der Waals surface area contributed by atoms with Crippen molar-refractivity contribution in [1.29, 1.82) is 0 Å². The van der Waals surface area contributed by atoms with Crippen molar-refractivity contribution in [1.82, 2.24) is 9.80 Å². The van der Waals surface area contributed by atoms with Crippen molar-refractivity contribution < 1.29 is 0 Å². The van der Waals surface area contributed by atoms with Crippen molar-refractivity contribution in [2.75, 3.05) is 39.8 Å². The predicted octanol–water partition coefficient (Wildman–Crippen LogP) is 0.217. The molecular formula is C10H23N3. The van der Waals surface area contributed by atoms with E-state index in [4.69, 9.17) is 5.73 Å². The van der Waals surface area contributed by atoms with Gasteiger partial charge < -0.3 is 10.6 Å². The number of hydrogen-bond acceptors (Lipinski definition) is 3. The normalized spacial score (nSPS) is 27.0. The molecule has 0 radical (unpaired) electrons. The summed E-state index contributed by atoms with van der Waals surface area (Å²) in [5.74, 6) is 0.741. The first-order chi connectivity index (χ1) is 6.15. The molecule has 1 atom stereocenters. The van der Waals surface area contributed by atoms with Gasteiger partial charge in [0.25, 0.3) is 0 Å². The van der Waals surface area contributed by atoms with Crippen LogP contribution in [0.1, 0.15) is 13.8 Å².